The number of benzene rings is 2. The molecule has 2 aromatic carbocycles. The Morgan fingerprint density at radius 1 is 0.958 bits per heavy atom. The molecule has 4 heteroatoms. The van der Waals surface area contributed by atoms with Crippen LogP contribution in [0.25, 0.3) is 0 Å². The van der Waals surface area contributed by atoms with Gasteiger partial charge in [-0.1, -0.05) is 60.7 Å². The average Bonchev–Trinajstić information content (AvgIpc) is 3.07. The van der Waals surface area contributed by atoms with Crippen LogP contribution in [-0.2, 0) is 0 Å². The van der Waals surface area contributed by atoms with Gasteiger partial charge in [0, 0.05) is 6.54 Å². The van der Waals surface area contributed by atoms with E-state index in [9.17, 15) is 4.79 Å². The van der Waals surface area contributed by atoms with Crippen molar-refractivity contribution >= 4 is 21.8 Å². The van der Waals surface area contributed by atoms with Gasteiger partial charge in [0.2, 0.25) is 0 Å². The van der Waals surface area contributed by atoms with E-state index in [2.05, 4.69) is 15.9 Å². The second-order valence-corrected chi connectivity index (χ2v) is 6.20. The van der Waals surface area contributed by atoms with Crippen LogP contribution in [0.15, 0.2) is 81.9 Å². The second-order valence-electron chi connectivity index (χ2n) is 5.42. The van der Waals surface area contributed by atoms with Gasteiger partial charge in [0.1, 0.15) is 0 Å². The van der Waals surface area contributed by atoms with E-state index in [-0.39, 0.29) is 11.9 Å². The first-order valence-corrected chi connectivity index (χ1v) is 8.66. The fraction of sp³-hybridized carbons (Fsp3) is 0.150. The third-order valence-electron chi connectivity index (χ3n) is 3.93. The molecule has 0 fully saturated rings. The standard InChI is InChI=1S/C20H18BrNO2/c1-2-22(20(23)17-13-14-18(21)24-17)19(15-9-5-3-6-10-15)16-11-7-4-8-12-16/h3-14,19H,2H2,1H3. The van der Waals surface area contributed by atoms with Crippen molar-refractivity contribution in [3.63, 3.8) is 0 Å². The number of amides is 1. The van der Waals surface area contributed by atoms with E-state index in [1.165, 1.54) is 0 Å². The Bertz CT molecular complexity index is 759. The van der Waals surface area contributed by atoms with Crippen LogP contribution in [-0.4, -0.2) is 17.4 Å². The van der Waals surface area contributed by atoms with E-state index in [0.717, 1.165) is 11.1 Å². The topological polar surface area (TPSA) is 33.5 Å². The van der Waals surface area contributed by atoms with Crippen LogP contribution in [0.5, 0.6) is 0 Å². The zero-order valence-corrected chi connectivity index (χ0v) is 14.9. The second kappa shape index (κ2) is 7.49. The van der Waals surface area contributed by atoms with Gasteiger partial charge >= 0.3 is 0 Å². The minimum Gasteiger partial charge on any atom is -0.444 e. The van der Waals surface area contributed by atoms with Crippen LogP contribution in [0.1, 0.15) is 34.6 Å². The Morgan fingerprint density at radius 2 is 1.50 bits per heavy atom. The van der Waals surface area contributed by atoms with Crippen molar-refractivity contribution in [2.75, 3.05) is 6.54 Å². The van der Waals surface area contributed by atoms with Crippen LogP contribution < -0.4 is 0 Å². The number of carbonyl (C=O) groups excluding carboxylic acids is 1. The van der Waals surface area contributed by atoms with Crippen molar-refractivity contribution in [2.24, 2.45) is 0 Å². The number of hydrogen-bond donors (Lipinski definition) is 0. The average molecular weight is 384 g/mol. The predicted octanol–water partition coefficient (Wildman–Crippen LogP) is 5.29. The van der Waals surface area contributed by atoms with Crippen molar-refractivity contribution in [1.82, 2.24) is 4.90 Å². The van der Waals surface area contributed by atoms with E-state index in [1.807, 2.05) is 72.5 Å². The fourth-order valence-electron chi connectivity index (χ4n) is 2.84. The molecule has 3 nitrogen and oxygen atoms in total. The largest absolute Gasteiger partial charge is 0.444 e. The molecule has 0 bridgehead atoms. The van der Waals surface area contributed by atoms with Crippen molar-refractivity contribution in [3.05, 3.63) is 94.4 Å². The summed E-state index contributed by atoms with van der Waals surface area (Å²) in [5.41, 5.74) is 2.15. The molecule has 3 rings (SSSR count). The van der Waals surface area contributed by atoms with Gasteiger partial charge in [-0.15, -0.1) is 0 Å². The number of nitrogens with zero attached hydrogens (tertiary/aromatic N) is 1. The molecule has 0 atom stereocenters. The van der Waals surface area contributed by atoms with Gasteiger partial charge in [0.25, 0.3) is 5.91 Å². The SMILES string of the molecule is CCN(C(=O)c1ccc(Br)o1)C(c1ccccc1)c1ccccc1. The molecule has 0 aliphatic rings. The number of hydrogen-bond acceptors (Lipinski definition) is 2. The molecule has 122 valence electrons. The van der Waals surface area contributed by atoms with E-state index in [0.29, 0.717) is 17.0 Å². The normalized spacial score (nSPS) is 10.8. The van der Waals surface area contributed by atoms with E-state index in [1.54, 1.807) is 12.1 Å². The summed E-state index contributed by atoms with van der Waals surface area (Å²) in [6.45, 7) is 2.56. The predicted molar refractivity (Wildman–Crippen MR) is 97.8 cm³/mol. The lowest BCUT2D eigenvalue weighted by Crippen LogP contribution is -2.35. The van der Waals surface area contributed by atoms with E-state index in [4.69, 9.17) is 4.42 Å². The Kier molecular flexibility index (Phi) is 5.16. The molecule has 0 saturated carbocycles. The molecule has 1 amide bonds. The number of furan rings is 1. The summed E-state index contributed by atoms with van der Waals surface area (Å²) < 4.78 is 6.03. The number of rotatable bonds is 5. The molecular weight excluding hydrogens is 366 g/mol. The van der Waals surface area contributed by atoms with E-state index >= 15 is 0 Å². The molecular formula is C20H18BrNO2. The highest BCUT2D eigenvalue weighted by Crippen LogP contribution is 2.30. The van der Waals surface area contributed by atoms with Crippen LogP contribution >= 0.6 is 15.9 Å². The van der Waals surface area contributed by atoms with Gasteiger partial charge in [0.15, 0.2) is 10.4 Å². The summed E-state index contributed by atoms with van der Waals surface area (Å²) >= 11 is 3.26. The van der Waals surface area contributed by atoms with Crippen LogP contribution in [0.3, 0.4) is 0 Å². The Balaban J connectivity index is 2.04. The Labute approximate surface area is 150 Å². The number of carbonyl (C=O) groups is 1. The molecule has 0 N–H and O–H groups in total. The first kappa shape index (κ1) is 16.5. The first-order valence-electron chi connectivity index (χ1n) is 7.87. The fourth-order valence-corrected chi connectivity index (χ4v) is 3.14. The molecule has 0 unspecified atom stereocenters. The molecule has 0 aliphatic carbocycles. The van der Waals surface area contributed by atoms with Gasteiger partial charge in [-0.3, -0.25) is 4.79 Å². The molecule has 3 aromatic rings. The molecule has 1 heterocycles. The lowest BCUT2D eigenvalue weighted by Gasteiger charge is -2.31. The summed E-state index contributed by atoms with van der Waals surface area (Å²) in [6.07, 6.45) is 0. The molecule has 0 spiro atoms. The van der Waals surface area contributed by atoms with Gasteiger partial charge in [-0.05, 0) is 46.1 Å². The van der Waals surface area contributed by atoms with Crippen LogP contribution in [0.2, 0.25) is 0 Å². The monoisotopic (exact) mass is 383 g/mol. The van der Waals surface area contributed by atoms with Crippen molar-refractivity contribution < 1.29 is 9.21 Å². The van der Waals surface area contributed by atoms with Crippen molar-refractivity contribution in [2.45, 2.75) is 13.0 Å². The van der Waals surface area contributed by atoms with Crippen LogP contribution in [0, 0.1) is 0 Å². The summed E-state index contributed by atoms with van der Waals surface area (Å²) in [6, 6.07) is 23.4. The Morgan fingerprint density at radius 3 is 1.92 bits per heavy atom. The smallest absolute Gasteiger partial charge is 0.290 e. The lowest BCUT2D eigenvalue weighted by atomic mass is 9.96. The quantitative estimate of drug-likeness (QED) is 0.599. The summed E-state index contributed by atoms with van der Waals surface area (Å²) in [7, 11) is 0. The summed E-state index contributed by atoms with van der Waals surface area (Å²) in [5.74, 6) is 0.210. The molecule has 24 heavy (non-hydrogen) atoms. The van der Waals surface area contributed by atoms with Gasteiger partial charge < -0.3 is 9.32 Å². The zero-order valence-electron chi connectivity index (χ0n) is 13.4. The Hall–Kier alpha value is -2.33. The molecule has 1 aromatic heterocycles. The summed E-state index contributed by atoms with van der Waals surface area (Å²) in [5, 5.41) is 0. The highest BCUT2D eigenvalue weighted by atomic mass is 79.9. The van der Waals surface area contributed by atoms with Gasteiger partial charge in [-0.25, -0.2) is 0 Å². The maximum Gasteiger partial charge on any atom is 0.290 e. The lowest BCUT2D eigenvalue weighted by molar-refractivity contribution is 0.0683. The number of halogens is 1. The molecule has 0 radical (unpaired) electrons. The molecule has 0 aliphatic heterocycles. The third kappa shape index (κ3) is 3.44. The third-order valence-corrected chi connectivity index (χ3v) is 4.35. The maximum atomic E-state index is 13.0. The van der Waals surface area contributed by atoms with Crippen LogP contribution in [0.4, 0.5) is 0 Å². The van der Waals surface area contributed by atoms with E-state index < -0.39 is 0 Å². The highest BCUT2D eigenvalue weighted by molar-refractivity contribution is 9.10. The summed E-state index contributed by atoms with van der Waals surface area (Å²) in [4.78, 5) is 14.8. The zero-order chi connectivity index (χ0) is 16.9. The highest BCUT2D eigenvalue weighted by Gasteiger charge is 2.28. The van der Waals surface area contributed by atoms with Gasteiger partial charge in [-0.2, -0.15) is 0 Å². The van der Waals surface area contributed by atoms with Gasteiger partial charge in [0.05, 0.1) is 6.04 Å². The molecule has 0 saturated heterocycles. The first-order chi connectivity index (χ1) is 11.7. The maximum absolute atomic E-state index is 13.0. The van der Waals surface area contributed by atoms with Crippen molar-refractivity contribution in [3.8, 4) is 0 Å². The minimum absolute atomic E-state index is 0.124. The minimum atomic E-state index is -0.159. The van der Waals surface area contributed by atoms with Crippen molar-refractivity contribution in [1.29, 1.82) is 0 Å².